The van der Waals surface area contributed by atoms with E-state index in [1.54, 1.807) is 40.9 Å². The van der Waals surface area contributed by atoms with Gasteiger partial charge in [-0.25, -0.2) is 9.78 Å². The van der Waals surface area contributed by atoms with Crippen LogP contribution in [0.2, 0.25) is 0 Å². The molecule has 3 rings (SSSR count). The molecule has 0 N–H and O–H groups in total. The predicted molar refractivity (Wildman–Crippen MR) is 87.5 cm³/mol. The van der Waals surface area contributed by atoms with Crippen LogP contribution in [0.4, 0.5) is 0 Å². The smallest absolute Gasteiger partial charge is 0.359 e. The van der Waals surface area contributed by atoms with Crippen molar-refractivity contribution < 1.29 is 19.1 Å². The molecule has 6 nitrogen and oxygen atoms in total. The number of nitrogens with zero attached hydrogens (tertiary/aromatic N) is 2. The number of benzene rings is 1. The fourth-order valence-corrected chi connectivity index (χ4v) is 2.33. The third-order valence-electron chi connectivity index (χ3n) is 3.63. The van der Waals surface area contributed by atoms with Crippen LogP contribution in [0, 0.1) is 6.92 Å². The molecule has 0 atom stereocenters. The normalized spacial score (nSPS) is 10.6. The molecule has 0 saturated heterocycles. The summed E-state index contributed by atoms with van der Waals surface area (Å²) in [6.07, 6.45) is 1.60. The maximum absolute atomic E-state index is 12.1. The maximum Gasteiger partial charge on any atom is 0.359 e. The molecule has 0 aliphatic rings. The lowest BCUT2D eigenvalue weighted by Gasteiger charge is -2.04. The Morgan fingerprint density at radius 3 is 2.71 bits per heavy atom. The molecule has 0 spiro atoms. The van der Waals surface area contributed by atoms with E-state index in [1.165, 1.54) is 7.11 Å². The molecule has 0 bridgehead atoms. The number of hydrogen-bond acceptors (Lipinski definition) is 5. The Balaban J connectivity index is 1.70. The van der Waals surface area contributed by atoms with Gasteiger partial charge >= 0.3 is 5.97 Å². The molecular weight excluding hydrogens is 308 g/mol. The minimum atomic E-state index is -0.630. The number of aromatic nitrogens is 2. The number of pyridine rings is 1. The van der Waals surface area contributed by atoms with Crippen molar-refractivity contribution in [3.8, 4) is 5.75 Å². The second-order valence-electron chi connectivity index (χ2n) is 5.25. The predicted octanol–water partition coefficient (Wildman–Crippen LogP) is 2.69. The van der Waals surface area contributed by atoms with Gasteiger partial charge in [0.25, 0.3) is 0 Å². The molecule has 0 aliphatic carbocycles. The Kier molecular flexibility index (Phi) is 4.29. The highest BCUT2D eigenvalue weighted by Gasteiger charge is 2.15. The topological polar surface area (TPSA) is 69.9 Å². The fraction of sp³-hybridized carbons (Fsp3) is 0.167. The monoisotopic (exact) mass is 324 g/mol. The molecule has 6 heteroatoms. The Labute approximate surface area is 138 Å². The van der Waals surface area contributed by atoms with Crippen molar-refractivity contribution in [3.63, 3.8) is 0 Å². The van der Waals surface area contributed by atoms with Crippen LogP contribution in [0.15, 0.2) is 48.7 Å². The summed E-state index contributed by atoms with van der Waals surface area (Å²) in [6.45, 7) is 1.56. The van der Waals surface area contributed by atoms with Gasteiger partial charge in [-0.05, 0) is 31.2 Å². The maximum atomic E-state index is 12.1. The van der Waals surface area contributed by atoms with E-state index in [0.29, 0.717) is 17.0 Å². The van der Waals surface area contributed by atoms with Gasteiger partial charge in [0.05, 0.1) is 7.11 Å². The van der Waals surface area contributed by atoms with Crippen molar-refractivity contribution in [1.82, 2.24) is 9.38 Å². The molecule has 122 valence electrons. The van der Waals surface area contributed by atoms with Gasteiger partial charge in [-0.2, -0.15) is 0 Å². The summed E-state index contributed by atoms with van der Waals surface area (Å²) in [6, 6.07) is 12.3. The third-order valence-corrected chi connectivity index (χ3v) is 3.63. The van der Waals surface area contributed by atoms with Crippen LogP contribution >= 0.6 is 0 Å². The lowest BCUT2D eigenvalue weighted by atomic mass is 10.1. The molecule has 2 heterocycles. The van der Waals surface area contributed by atoms with Crippen molar-refractivity contribution in [2.45, 2.75) is 6.92 Å². The standard InChI is InChI=1S/C18H16N2O4/c1-12-5-3-8-17-19-15(10-20(12)17)18(22)24-11-16(21)13-6-4-7-14(9-13)23-2/h3-10H,11H2,1-2H3. The number of Topliss-reactive ketones (excluding diaryl/α,β-unsaturated/α-hetero) is 1. The first kappa shape index (κ1) is 15.7. The second-order valence-corrected chi connectivity index (χ2v) is 5.25. The van der Waals surface area contributed by atoms with Crippen LogP contribution < -0.4 is 4.74 Å². The van der Waals surface area contributed by atoms with Crippen LogP contribution in [0.5, 0.6) is 5.75 Å². The summed E-state index contributed by atoms with van der Waals surface area (Å²) in [7, 11) is 1.52. The van der Waals surface area contributed by atoms with Crippen molar-refractivity contribution >= 4 is 17.4 Å². The summed E-state index contributed by atoms with van der Waals surface area (Å²) in [5.74, 6) is -0.362. The molecule has 0 fully saturated rings. The van der Waals surface area contributed by atoms with Gasteiger partial charge in [0.2, 0.25) is 0 Å². The molecule has 0 amide bonds. The lowest BCUT2D eigenvalue weighted by Crippen LogP contribution is -2.14. The van der Waals surface area contributed by atoms with Gasteiger partial charge in [0.1, 0.15) is 11.4 Å². The molecule has 2 aromatic heterocycles. The second kappa shape index (κ2) is 6.54. The van der Waals surface area contributed by atoms with Gasteiger partial charge < -0.3 is 13.9 Å². The van der Waals surface area contributed by atoms with Crippen LogP contribution in [0.1, 0.15) is 26.5 Å². The zero-order chi connectivity index (χ0) is 17.1. The van der Waals surface area contributed by atoms with Crippen molar-refractivity contribution in [3.05, 3.63) is 65.6 Å². The highest BCUT2D eigenvalue weighted by Crippen LogP contribution is 2.14. The van der Waals surface area contributed by atoms with Crippen LogP contribution in [-0.4, -0.2) is 34.9 Å². The molecule has 24 heavy (non-hydrogen) atoms. The quantitative estimate of drug-likeness (QED) is 0.533. The van der Waals surface area contributed by atoms with E-state index in [0.717, 1.165) is 5.69 Å². The van der Waals surface area contributed by atoms with E-state index in [9.17, 15) is 9.59 Å². The number of ether oxygens (including phenoxy) is 2. The highest BCUT2D eigenvalue weighted by molar-refractivity contribution is 5.99. The van der Waals surface area contributed by atoms with E-state index >= 15 is 0 Å². The van der Waals surface area contributed by atoms with Crippen LogP contribution in [0.3, 0.4) is 0 Å². The zero-order valence-electron chi connectivity index (χ0n) is 13.4. The number of carbonyl (C=O) groups is 2. The minimum Gasteiger partial charge on any atom is -0.497 e. The molecule has 0 saturated carbocycles. The third kappa shape index (κ3) is 3.12. The average Bonchev–Trinajstić information content (AvgIpc) is 3.05. The summed E-state index contributed by atoms with van der Waals surface area (Å²) in [5.41, 5.74) is 2.20. The summed E-state index contributed by atoms with van der Waals surface area (Å²) in [5, 5.41) is 0. The highest BCUT2D eigenvalue weighted by atomic mass is 16.5. The first-order valence-electron chi connectivity index (χ1n) is 7.37. The number of methoxy groups -OCH3 is 1. The Morgan fingerprint density at radius 1 is 1.17 bits per heavy atom. The first-order valence-corrected chi connectivity index (χ1v) is 7.37. The van der Waals surface area contributed by atoms with Crippen molar-refractivity contribution in [2.75, 3.05) is 13.7 Å². The molecule has 0 aliphatic heterocycles. The molecule has 3 aromatic rings. The van der Waals surface area contributed by atoms with Crippen LogP contribution in [0.25, 0.3) is 5.65 Å². The number of fused-ring (bicyclic) bond motifs is 1. The van der Waals surface area contributed by atoms with Crippen molar-refractivity contribution in [1.29, 1.82) is 0 Å². The van der Waals surface area contributed by atoms with Gasteiger partial charge in [0, 0.05) is 17.5 Å². The Bertz CT molecular complexity index is 914. The fourth-order valence-electron chi connectivity index (χ4n) is 2.33. The largest absolute Gasteiger partial charge is 0.497 e. The molecule has 1 aromatic carbocycles. The molecular formula is C18H16N2O4. The SMILES string of the molecule is COc1cccc(C(=O)COC(=O)c2cn3c(C)cccc3n2)c1. The number of rotatable bonds is 5. The zero-order valence-corrected chi connectivity index (χ0v) is 13.4. The van der Waals surface area contributed by atoms with Crippen LogP contribution in [-0.2, 0) is 4.74 Å². The van der Waals surface area contributed by atoms with Gasteiger partial charge in [-0.1, -0.05) is 18.2 Å². The van der Waals surface area contributed by atoms with Gasteiger partial charge in [-0.15, -0.1) is 0 Å². The van der Waals surface area contributed by atoms with Gasteiger partial charge in [0.15, 0.2) is 18.1 Å². The van der Waals surface area contributed by atoms with E-state index in [1.807, 2.05) is 19.1 Å². The number of carbonyl (C=O) groups excluding carboxylic acids is 2. The Hall–Kier alpha value is -3.15. The average molecular weight is 324 g/mol. The van der Waals surface area contributed by atoms with Gasteiger partial charge in [-0.3, -0.25) is 4.79 Å². The van der Waals surface area contributed by atoms with E-state index < -0.39 is 5.97 Å². The number of hydrogen-bond donors (Lipinski definition) is 0. The molecule has 0 unspecified atom stereocenters. The van der Waals surface area contributed by atoms with Crippen molar-refractivity contribution in [2.24, 2.45) is 0 Å². The number of esters is 1. The lowest BCUT2D eigenvalue weighted by molar-refractivity contribution is 0.0469. The Morgan fingerprint density at radius 2 is 1.96 bits per heavy atom. The number of aryl methyl sites for hydroxylation is 1. The minimum absolute atomic E-state index is 0.169. The summed E-state index contributed by atoms with van der Waals surface area (Å²) in [4.78, 5) is 28.4. The van der Waals surface area contributed by atoms with E-state index in [4.69, 9.17) is 9.47 Å². The number of imidazole rings is 1. The molecule has 0 radical (unpaired) electrons. The van der Waals surface area contributed by atoms with E-state index in [2.05, 4.69) is 4.98 Å². The summed E-state index contributed by atoms with van der Waals surface area (Å²) < 4.78 is 11.9. The first-order chi connectivity index (χ1) is 11.6. The summed E-state index contributed by atoms with van der Waals surface area (Å²) >= 11 is 0. The number of ketones is 1. The van der Waals surface area contributed by atoms with E-state index in [-0.39, 0.29) is 18.1 Å².